The van der Waals surface area contributed by atoms with Crippen molar-refractivity contribution < 1.29 is 75.8 Å². The number of carbonyl (C=O) groups is 3. The van der Waals surface area contributed by atoms with Crippen molar-refractivity contribution in [2.24, 2.45) is 0 Å². The number of allylic oxidation sites excluding steroid dienone is 26. The van der Waals surface area contributed by atoms with Crippen molar-refractivity contribution in [2.45, 2.75) is 322 Å². The van der Waals surface area contributed by atoms with Crippen LogP contribution in [0.4, 0.5) is 0 Å². The van der Waals surface area contributed by atoms with Crippen molar-refractivity contribution in [3.63, 3.8) is 0 Å². The van der Waals surface area contributed by atoms with Crippen LogP contribution in [0.15, 0.2) is 158 Å². The van der Waals surface area contributed by atoms with E-state index in [4.69, 9.17) is 32.3 Å². The lowest BCUT2D eigenvalue weighted by atomic mass is 10.0. The van der Waals surface area contributed by atoms with Crippen molar-refractivity contribution in [1.82, 2.24) is 0 Å². The van der Waals surface area contributed by atoms with Gasteiger partial charge in [0.2, 0.25) is 0 Å². The van der Waals surface area contributed by atoms with Gasteiger partial charge in [-0.2, -0.15) is 0 Å². The number of carbonyl (C=O) groups excluding carboxylic acids is 3. The number of unbranched alkanes of at least 4 members (excludes halogenated alkanes) is 25. The van der Waals surface area contributed by atoms with Crippen LogP contribution in [0.2, 0.25) is 0 Å². The van der Waals surface area contributed by atoms with Crippen LogP contribution in [0.25, 0.3) is 0 Å². The Hall–Kier alpha value is -4.83. The smallest absolute Gasteiger partial charge is 0.463 e. The lowest BCUT2D eigenvalue weighted by Gasteiger charge is -2.21. The van der Waals surface area contributed by atoms with Gasteiger partial charge in [-0.3, -0.25) is 32.5 Å². The van der Waals surface area contributed by atoms with Gasteiger partial charge in [0, 0.05) is 19.3 Å². The predicted octanol–water partition coefficient (Wildman–Crippen LogP) is 23.4. The molecule has 103 heavy (non-hydrogen) atoms. The molecule has 0 aromatic rings. The zero-order chi connectivity index (χ0) is 75.2. The standard InChI is InChI=1S/C85H142O16P2/c1-4-7-10-13-16-19-22-25-28-31-34-35-36-37-38-39-40-41-42-43-46-48-50-53-56-59-62-65-68-71-83(88)95-74-80(86)75-97-102(91,92)98-76-81(87)77-99-103(93,94)100-79-82(101-85(90)73-70-67-64-61-58-55-52-49-45-33-30-27-24-21-18-15-12-9-6-3)78-96-84(89)72-69-66-63-60-57-54-51-47-44-32-29-26-23-20-17-14-11-8-5-2/h7-8,10-11,16-21,25-30,34-35,37-38,44-45,47,49,54,57,80-82,86-87H,4-6,9,12-15,22-24,31-33,36,39-43,46,48,50-53,55-56,58-79H2,1-3H3,(H,91,92)(H,93,94)/b10-7-,11-8-,19-16-,20-17-,21-18-,28-25-,29-26-,30-27-,35-34-,38-37-,47-44-,49-45-,57-54-. The normalized spacial score (nSPS) is 14.8. The van der Waals surface area contributed by atoms with Gasteiger partial charge in [0.25, 0.3) is 0 Å². The van der Waals surface area contributed by atoms with Crippen LogP contribution in [0, 0.1) is 0 Å². The third-order valence-electron chi connectivity index (χ3n) is 16.2. The average molecular weight is 1480 g/mol. The molecule has 0 aliphatic heterocycles. The van der Waals surface area contributed by atoms with Crippen molar-refractivity contribution in [3.05, 3.63) is 158 Å². The second-order valence-electron chi connectivity index (χ2n) is 26.1. The SMILES string of the molecule is CC/C=C\C/C=C\C/C=C\C/C=C\C/C=C\CCCCCCCCCCCCCCCC(=O)OCC(O)COP(=O)(O)OCC(O)COP(=O)(O)OCC(COC(=O)CCCCC/C=C\C/C=C\C/C=C\C/C=C\C/C=C\CC)OC(=O)CCCCCCCC/C=C\C/C=C\C/C=C\CCCCC. The Morgan fingerprint density at radius 1 is 0.282 bits per heavy atom. The van der Waals surface area contributed by atoms with Gasteiger partial charge in [0.05, 0.1) is 26.4 Å². The van der Waals surface area contributed by atoms with Gasteiger partial charge in [-0.05, 0) is 148 Å². The number of phosphoric ester groups is 2. The number of hydrogen-bond donors (Lipinski definition) is 4. The fraction of sp³-hybridized carbons (Fsp3) is 0.659. The first-order valence-electron chi connectivity index (χ1n) is 39.8. The maximum absolute atomic E-state index is 13.0. The highest BCUT2D eigenvalue weighted by molar-refractivity contribution is 7.47. The average Bonchev–Trinajstić information content (AvgIpc) is 0.918. The molecule has 0 rings (SSSR count). The summed E-state index contributed by atoms with van der Waals surface area (Å²) < 4.78 is 61.1. The molecule has 0 radical (unpaired) electrons. The third-order valence-corrected chi connectivity index (χ3v) is 18.1. The van der Waals surface area contributed by atoms with Crippen LogP contribution < -0.4 is 0 Å². The molecule has 588 valence electrons. The lowest BCUT2D eigenvalue weighted by Crippen LogP contribution is -2.30. The summed E-state index contributed by atoms with van der Waals surface area (Å²) in [5.74, 6) is -1.63. The minimum atomic E-state index is -4.95. The van der Waals surface area contributed by atoms with Gasteiger partial charge in [-0.25, -0.2) is 9.13 Å². The van der Waals surface area contributed by atoms with E-state index >= 15 is 0 Å². The summed E-state index contributed by atoms with van der Waals surface area (Å²) >= 11 is 0. The number of rotatable bonds is 74. The largest absolute Gasteiger partial charge is 0.472 e. The summed E-state index contributed by atoms with van der Waals surface area (Å²) in [7, 11) is -9.81. The van der Waals surface area contributed by atoms with E-state index in [1.807, 2.05) is 0 Å². The minimum absolute atomic E-state index is 0.0777. The minimum Gasteiger partial charge on any atom is -0.463 e. The van der Waals surface area contributed by atoms with Gasteiger partial charge >= 0.3 is 33.6 Å². The van der Waals surface area contributed by atoms with E-state index in [1.165, 1.54) is 77.0 Å². The molecule has 0 aliphatic rings. The first kappa shape index (κ1) is 98.2. The molecule has 0 fully saturated rings. The van der Waals surface area contributed by atoms with Crippen molar-refractivity contribution in [1.29, 1.82) is 0 Å². The zero-order valence-electron chi connectivity index (χ0n) is 64.2. The Morgan fingerprint density at radius 2 is 0.515 bits per heavy atom. The van der Waals surface area contributed by atoms with E-state index in [0.717, 1.165) is 167 Å². The second-order valence-corrected chi connectivity index (χ2v) is 29.0. The van der Waals surface area contributed by atoms with Crippen LogP contribution in [-0.4, -0.2) is 95.9 Å². The Balaban J connectivity index is 4.61. The fourth-order valence-electron chi connectivity index (χ4n) is 10.2. The zero-order valence-corrected chi connectivity index (χ0v) is 66.0. The maximum Gasteiger partial charge on any atom is 0.472 e. The van der Waals surface area contributed by atoms with Gasteiger partial charge in [0.1, 0.15) is 25.4 Å². The number of phosphoric acid groups is 2. The molecule has 16 nitrogen and oxygen atoms in total. The van der Waals surface area contributed by atoms with Crippen LogP contribution in [0.3, 0.4) is 0 Å². The molecule has 0 aromatic heterocycles. The van der Waals surface area contributed by atoms with Gasteiger partial charge < -0.3 is 34.2 Å². The molecular formula is C85H142O16P2. The fourth-order valence-corrected chi connectivity index (χ4v) is 11.8. The number of hydrogen-bond acceptors (Lipinski definition) is 14. The van der Waals surface area contributed by atoms with Crippen LogP contribution in [-0.2, 0) is 55.8 Å². The maximum atomic E-state index is 13.0. The highest BCUT2D eigenvalue weighted by Gasteiger charge is 2.29. The Morgan fingerprint density at radius 3 is 0.825 bits per heavy atom. The molecule has 0 heterocycles. The van der Waals surface area contributed by atoms with E-state index in [0.29, 0.717) is 19.3 Å². The van der Waals surface area contributed by atoms with Gasteiger partial charge in [-0.15, -0.1) is 0 Å². The number of ether oxygens (including phenoxy) is 3. The topological polar surface area (TPSA) is 231 Å². The third kappa shape index (κ3) is 78.1. The summed E-state index contributed by atoms with van der Waals surface area (Å²) in [4.78, 5) is 58.7. The highest BCUT2D eigenvalue weighted by Crippen LogP contribution is 2.45. The lowest BCUT2D eigenvalue weighted by molar-refractivity contribution is -0.161. The van der Waals surface area contributed by atoms with E-state index in [2.05, 4.69) is 179 Å². The number of aliphatic hydroxyl groups is 2. The van der Waals surface area contributed by atoms with E-state index in [9.17, 15) is 43.5 Å². The molecule has 0 aromatic carbocycles. The molecule has 0 saturated heterocycles. The monoisotopic (exact) mass is 1480 g/mol. The Labute approximate surface area is 625 Å². The molecule has 5 atom stereocenters. The summed E-state index contributed by atoms with van der Waals surface area (Å²) in [6, 6.07) is 0. The number of esters is 3. The summed E-state index contributed by atoms with van der Waals surface area (Å²) in [5.41, 5.74) is 0. The molecule has 0 amide bonds. The molecule has 0 aliphatic carbocycles. The van der Waals surface area contributed by atoms with E-state index in [1.54, 1.807) is 0 Å². The van der Waals surface area contributed by atoms with E-state index < -0.39 is 91.5 Å². The first-order chi connectivity index (χ1) is 50.2. The summed E-state index contributed by atoms with van der Waals surface area (Å²) in [5, 5.41) is 20.7. The molecule has 0 spiro atoms. The van der Waals surface area contributed by atoms with Gasteiger partial charge in [-0.1, -0.05) is 294 Å². The molecule has 0 saturated carbocycles. The van der Waals surface area contributed by atoms with Crippen molar-refractivity contribution in [2.75, 3.05) is 39.6 Å². The quantitative estimate of drug-likeness (QED) is 0.0146. The summed E-state index contributed by atoms with van der Waals surface area (Å²) in [6.07, 6.45) is 95.7. The Kier molecular flexibility index (Phi) is 73.2. The van der Waals surface area contributed by atoms with Crippen LogP contribution in [0.1, 0.15) is 303 Å². The molecule has 18 heteroatoms. The molecule has 0 bridgehead atoms. The predicted molar refractivity (Wildman–Crippen MR) is 426 cm³/mol. The molecular weight excluding hydrogens is 1340 g/mol. The van der Waals surface area contributed by atoms with E-state index in [-0.39, 0.29) is 19.3 Å². The Bertz CT molecular complexity index is 2500. The van der Waals surface area contributed by atoms with Crippen LogP contribution >= 0.6 is 15.6 Å². The molecule has 4 N–H and O–H groups in total. The van der Waals surface area contributed by atoms with Crippen molar-refractivity contribution >= 4 is 33.6 Å². The first-order valence-corrected chi connectivity index (χ1v) is 42.8. The van der Waals surface area contributed by atoms with Gasteiger partial charge in [0.15, 0.2) is 6.10 Å². The molecule has 5 unspecified atom stereocenters. The second kappa shape index (κ2) is 76.8. The number of aliphatic hydroxyl groups excluding tert-OH is 2. The van der Waals surface area contributed by atoms with Crippen molar-refractivity contribution in [3.8, 4) is 0 Å². The summed E-state index contributed by atoms with van der Waals surface area (Å²) in [6.45, 7) is 2.37. The van der Waals surface area contributed by atoms with Crippen LogP contribution in [0.5, 0.6) is 0 Å². The highest BCUT2D eigenvalue weighted by atomic mass is 31.2.